The van der Waals surface area contributed by atoms with Gasteiger partial charge in [0.15, 0.2) is 0 Å². The molecule has 126 valence electrons. The lowest BCUT2D eigenvalue weighted by Gasteiger charge is -2.39. The first-order valence-electron chi connectivity index (χ1n) is 9.00. The highest BCUT2D eigenvalue weighted by atomic mass is 16.2. The summed E-state index contributed by atoms with van der Waals surface area (Å²) in [6.45, 7) is 8.10. The summed E-state index contributed by atoms with van der Waals surface area (Å²) in [7, 11) is 0. The zero-order valence-corrected chi connectivity index (χ0v) is 14.4. The molecule has 1 N–H and O–H groups in total. The Morgan fingerprint density at radius 1 is 1.13 bits per heavy atom. The summed E-state index contributed by atoms with van der Waals surface area (Å²) in [6.07, 6.45) is 4.82. The quantitative estimate of drug-likeness (QED) is 0.927. The Balaban J connectivity index is 1.51. The molecule has 23 heavy (non-hydrogen) atoms. The number of carbonyl (C=O) groups is 1. The lowest BCUT2D eigenvalue weighted by Crippen LogP contribution is -2.55. The number of nitrogens with zero attached hydrogens (tertiary/aromatic N) is 2. The summed E-state index contributed by atoms with van der Waals surface area (Å²) in [6, 6.07) is 8.95. The van der Waals surface area contributed by atoms with E-state index in [1.165, 1.54) is 24.1 Å². The van der Waals surface area contributed by atoms with Crippen LogP contribution in [0.15, 0.2) is 24.3 Å². The second kappa shape index (κ2) is 7.35. The van der Waals surface area contributed by atoms with E-state index in [0.717, 1.165) is 39.0 Å². The molecule has 0 unspecified atom stereocenters. The second-order valence-corrected chi connectivity index (χ2v) is 6.98. The van der Waals surface area contributed by atoms with Gasteiger partial charge in [0.05, 0.1) is 6.04 Å². The molecule has 2 aliphatic rings. The molecule has 0 spiro atoms. The summed E-state index contributed by atoms with van der Waals surface area (Å²) in [5.74, 6) is 0.209. The first kappa shape index (κ1) is 16.3. The van der Waals surface area contributed by atoms with Crippen molar-refractivity contribution in [2.45, 2.75) is 51.6 Å². The van der Waals surface area contributed by atoms with Gasteiger partial charge in [0.25, 0.3) is 0 Å². The lowest BCUT2D eigenvalue weighted by atomic mass is 10.1. The highest BCUT2D eigenvalue weighted by Gasteiger charge is 2.27. The Hall–Kier alpha value is -1.55. The van der Waals surface area contributed by atoms with E-state index in [1.807, 2.05) is 6.92 Å². The van der Waals surface area contributed by atoms with Gasteiger partial charge in [-0.3, -0.25) is 9.69 Å². The molecule has 1 aromatic carbocycles. The summed E-state index contributed by atoms with van der Waals surface area (Å²) in [4.78, 5) is 17.2. The van der Waals surface area contributed by atoms with Crippen LogP contribution in [0.25, 0.3) is 0 Å². The minimum atomic E-state index is -0.0189. The van der Waals surface area contributed by atoms with E-state index >= 15 is 0 Å². The molecule has 0 radical (unpaired) electrons. The van der Waals surface area contributed by atoms with Crippen molar-refractivity contribution >= 4 is 11.6 Å². The van der Waals surface area contributed by atoms with Gasteiger partial charge in [-0.25, -0.2) is 0 Å². The maximum absolute atomic E-state index is 12.4. The summed E-state index contributed by atoms with van der Waals surface area (Å²) >= 11 is 0. The molecule has 1 aliphatic heterocycles. The van der Waals surface area contributed by atoms with Crippen molar-refractivity contribution in [3.8, 4) is 0 Å². The average molecular weight is 315 g/mol. The zero-order valence-electron chi connectivity index (χ0n) is 14.4. The molecule has 1 saturated heterocycles. The standard InChI is InChI=1S/C19H29N3O/c1-15-7-3-6-10-18(15)22-13-11-21(12-14-22)16(2)19(23)20-17-8-4-5-9-17/h3,6-7,10,16-17H,4-5,8-9,11-14H2,1-2H3,(H,20,23)/t16-/m0/s1. The number of aryl methyl sites for hydroxylation is 1. The highest BCUT2D eigenvalue weighted by Crippen LogP contribution is 2.22. The number of para-hydroxylation sites is 1. The Labute approximate surface area is 139 Å². The number of carbonyl (C=O) groups excluding carboxylic acids is 1. The second-order valence-electron chi connectivity index (χ2n) is 6.98. The molecular formula is C19H29N3O. The Bertz CT molecular complexity index is 531. The van der Waals surface area contributed by atoms with E-state index in [0.29, 0.717) is 6.04 Å². The number of amides is 1. The number of rotatable bonds is 4. The molecule has 1 amide bonds. The number of nitrogens with one attached hydrogen (secondary N) is 1. The average Bonchev–Trinajstić information content (AvgIpc) is 3.08. The predicted octanol–water partition coefficient (Wildman–Crippen LogP) is 2.56. The van der Waals surface area contributed by atoms with Gasteiger partial charge in [0, 0.05) is 37.9 Å². The van der Waals surface area contributed by atoms with Crippen molar-refractivity contribution in [3.63, 3.8) is 0 Å². The molecule has 0 bridgehead atoms. The maximum Gasteiger partial charge on any atom is 0.237 e. The fraction of sp³-hybridized carbons (Fsp3) is 0.632. The first-order valence-corrected chi connectivity index (χ1v) is 9.00. The van der Waals surface area contributed by atoms with Crippen molar-refractivity contribution < 1.29 is 4.79 Å². The first-order chi connectivity index (χ1) is 11.1. The van der Waals surface area contributed by atoms with Crippen LogP contribution in [-0.4, -0.2) is 49.1 Å². The normalized spacial score (nSPS) is 21.4. The molecule has 3 rings (SSSR count). The summed E-state index contributed by atoms with van der Waals surface area (Å²) in [5.41, 5.74) is 2.66. The van der Waals surface area contributed by atoms with Crippen molar-refractivity contribution in [1.82, 2.24) is 10.2 Å². The Kier molecular flexibility index (Phi) is 5.21. The number of anilines is 1. The molecule has 1 atom stereocenters. The number of hydrogen-bond donors (Lipinski definition) is 1. The monoisotopic (exact) mass is 315 g/mol. The SMILES string of the molecule is Cc1ccccc1N1CCN([C@@H](C)C(=O)NC2CCCC2)CC1. The van der Waals surface area contributed by atoms with Crippen LogP contribution in [0.4, 0.5) is 5.69 Å². The highest BCUT2D eigenvalue weighted by molar-refractivity contribution is 5.81. The third-order valence-corrected chi connectivity index (χ3v) is 5.40. The van der Waals surface area contributed by atoms with Gasteiger partial charge in [-0.05, 0) is 38.3 Å². The van der Waals surface area contributed by atoms with Gasteiger partial charge in [0.2, 0.25) is 5.91 Å². The molecule has 0 aromatic heterocycles. The van der Waals surface area contributed by atoms with Crippen LogP contribution in [-0.2, 0) is 4.79 Å². The minimum Gasteiger partial charge on any atom is -0.369 e. The number of hydrogen-bond acceptors (Lipinski definition) is 3. The summed E-state index contributed by atoms with van der Waals surface area (Å²) < 4.78 is 0. The van der Waals surface area contributed by atoms with Gasteiger partial charge in [-0.1, -0.05) is 31.0 Å². The van der Waals surface area contributed by atoms with E-state index < -0.39 is 0 Å². The van der Waals surface area contributed by atoms with E-state index in [1.54, 1.807) is 0 Å². The Morgan fingerprint density at radius 2 is 1.78 bits per heavy atom. The van der Waals surface area contributed by atoms with Gasteiger partial charge < -0.3 is 10.2 Å². The fourth-order valence-electron chi connectivity index (χ4n) is 3.83. The fourth-order valence-corrected chi connectivity index (χ4v) is 3.83. The largest absolute Gasteiger partial charge is 0.369 e. The molecule has 1 heterocycles. The third kappa shape index (κ3) is 3.86. The van der Waals surface area contributed by atoms with Crippen molar-refractivity contribution in [1.29, 1.82) is 0 Å². The van der Waals surface area contributed by atoms with E-state index in [4.69, 9.17) is 0 Å². The van der Waals surface area contributed by atoms with Crippen LogP contribution in [0.2, 0.25) is 0 Å². The maximum atomic E-state index is 12.4. The number of benzene rings is 1. The van der Waals surface area contributed by atoms with Crippen LogP contribution < -0.4 is 10.2 Å². The van der Waals surface area contributed by atoms with E-state index in [2.05, 4.69) is 46.3 Å². The molecular weight excluding hydrogens is 286 g/mol. The molecule has 1 aliphatic carbocycles. The van der Waals surface area contributed by atoms with Gasteiger partial charge in [-0.2, -0.15) is 0 Å². The van der Waals surface area contributed by atoms with Crippen molar-refractivity contribution in [2.24, 2.45) is 0 Å². The number of piperazine rings is 1. The molecule has 2 fully saturated rings. The molecule has 4 heteroatoms. The lowest BCUT2D eigenvalue weighted by molar-refractivity contribution is -0.126. The molecule has 1 saturated carbocycles. The van der Waals surface area contributed by atoms with E-state index in [-0.39, 0.29) is 11.9 Å². The topological polar surface area (TPSA) is 35.6 Å². The molecule has 4 nitrogen and oxygen atoms in total. The Morgan fingerprint density at radius 3 is 2.43 bits per heavy atom. The smallest absolute Gasteiger partial charge is 0.237 e. The van der Waals surface area contributed by atoms with Crippen LogP contribution >= 0.6 is 0 Å². The van der Waals surface area contributed by atoms with Crippen LogP contribution in [0, 0.1) is 6.92 Å². The van der Waals surface area contributed by atoms with Crippen LogP contribution in [0.5, 0.6) is 0 Å². The van der Waals surface area contributed by atoms with Crippen molar-refractivity contribution in [2.75, 3.05) is 31.1 Å². The summed E-state index contributed by atoms with van der Waals surface area (Å²) in [5, 5.41) is 3.23. The minimum absolute atomic E-state index is 0.0189. The van der Waals surface area contributed by atoms with E-state index in [9.17, 15) is 4.79 Å². The van der Waals surface area contributed by atoms with Gasteiger partial charge >= 0.3 is 0 Å². The van der Waals surface area contributed by atoms with Gasteiger partial charge in [0.1, 0.15) is 0 Å². The molecule has 1 aromatic rings. The predicted molar refractivity (Wildman–Crippen MR) is 94.8 cm³/mol. The van der Waals surface area contributed by atoms with Gasteiger partial charge in [-0.15, -0.1) is 0 Å². The van der Waals surface area contributed by atoms with Crippen LogP contribution in [0.3, 0.4) is 0 Å². The van der Waals surface area contributed by atoms with Crippen molar-refractivity contribution in [3.05, 3.63) is 29.8 Å². The van der Waals surface area contributed by atoms with Crippen LogP contribution in [0.1, 0.15) is 38.2 Å². The zero-order chi connectivity index (χ0) is 16.2. The third-order valence-electron chi connectivity index (χ3n) is 5.40.